The molecule has 1 fully saturated rings. The summed E-state index contributed by atoms with van der Waals surface area (Å²) in [5, 5.41) is 11.8. The van der Waals surface area contributed by atoms with E-state index >= 15 is 0 Å². The van der Waals surface area contributed by atoms with E-state index in [1.165, 1.54) is 10.4 Å². The van der Waals surface area contributed by atoms with Gasteiger partial charge in [0.05, 0.1) is 10.5 Å². The molecule has 1 heterocycles. The van der Waals surface area contributed by atoms with E-state index in [2.05, 4.69) is 5.32 Å². The zero-order chi connectivity index (χ0) is 20.9. The number of carbonyl (C=O) groups is 1. The van der Waals surface area contributed by atoms with Gasteiger partial charge in [-0.2, -0.15) is 9.57 Å². The lowest BCUT2D eigenvalue weighted by Gasteiger charge is -2.26. The van der Waals surface area contributed by atoms with Gasteiger partial charge in [-0.3, -0.25) is 4.79 Å². The minimum atomic E-state index is -3.59. The molecule has 29 heavy (non-hydrogen) atoms. The van der Waals surface area contributed by atoms with Crippen molar-refractivity contribution < 1.29 is 17.9 Å². The molecule has 0 unspecified atom stereocenters. The van der Waals surface area contributed by atoms with E-state index in [4.69, 9.17) is 10.00 Å². The van der Waals surface area contributed by atoms with Crippen molar-refractivity contribution in [3.63, 3.8) is 0 Å². The predicted octanol–water partition coefficient (Wildman–Crippen LogP) is 3.06. The Bertz CT molecular complexity index is 1040. The van der Waals surface area contributed by atoms with Gasteiger partial charge >= 0.3 is 0 Å². The minimum absolute atomic E-state index is 0.163. The van der Waals surface area contributed by atoms with E-state index < -0.39 is 15.9 Å². The molecule has 1 N–H and O–H groups in total. The van der Waals surface area contributed by atoms with Crippen molar-refractivity contribution in [2.24, 2.45) is 0 Å². The number of nitrogens with zero attached hydrogens (tertiary/aromatic N) is 2. The highest BCUT2D eigenvalue weighted by molar-refractivity contribution is 7.89. The number of para-hydroxylation sites is 1. The first-order valence-electron chi connectivity index (χ1n) is 9.44. The second-order valence-electron chi connectivity index (χ2n) is 6.89. The highest BCUT2D eigenvalue weighted by Crippen LogP contribution is 2.25. The Morgan fingerprint density at radius 3 is 2.62 bits per heavy atom. The number of hydrogen-bond acceptors (Lipinski definition) is 5. The molecule has 1 saturated heterocycles. The summed E-state index contributed by atoms with van der Waals surface area (Å²) < 4.78 is 32.7. The molecule has 1 aliphatic heterocycles. The standard InChI is InChI=1S/C21H23N3O4S/c1-16-9-10-18(29(26,27)24-11-5-2-6-12-24)13-19(16)23-21(25)15-28-20-8-4-3-7-17(20)14-22/h3-4,7-10,13H,2,5-6,11-12,15H2,1H3,(H,23,25). The Morgan fingerprint density at radius 1 is 1.17 bits per heavy atom. The Balaban J connectivity index is 1.71. The van der Waals surface area contributed by atoms with Crippen molar-refractivity contribution >= 4 is 21.6 Å². The van der Waals surface area contributed by atoms with E-state index in [1.54, 1.807) is 43.3 Å². The molecule has 1 amide bonds. The molecule has 2 aromatic rings. The van der Waals surface area contributed by atoms with Crippen LogP contribution in [0.5, 0.6) is 5.75 Å². The van der Waals surface area contributed by atoms with Crippen molar-refractivity contribution in [1.29, 1.82) is 5.26 Å². The summed E-state index contributed by atoms with van der Waals surface area (Å²) in [5.41, 5.74) is 1.50. The molecule has 3 rings (SSSR count). The van der Waals surface area contributed by atoms with E-state index in [9.17, 15) is 13.2 Å². The molecule has 0 radical (unpaired) electrons. The van der Waals surface area contributed by atoms with E-state index in [1.807, 2.05) is 6.07 Å². The maximum atomic E-state index is 12.9. The molecular formula is C21H23N3O4S. The number of ether oxygens (including phenoxy) is 1. The number of anilines is 1. The summed E-state index contributed by atoms with van der Waals surface area (Å²) in [6.45, 7) is 2.54. The maximum Gasteiger partial charge on any atom is 0.262 e. The zero-order valence-electron chi connectivity index (χ0n) is 16.2. The Morgan fingerprint density at radius 2 is 1.90 bits per heavy atom. The van der Waals surface area contributed by atoms with Gasteiger partial charge in [0.1, 0.15) is 11.8 Å². The summed E-state index contributed by atoms with van der Waals surface area (Å²) >= 11 is 0. The number of piperidine rings is 1. The summed E-state index contributed by atoms with van der Waals surface area (Å²) in [6, 6.07) is 13.4. The highest BCUT2D eigenvalue weighted by Gasteiger charge is 2.26. The second-order valence-corrected chi connectivity index (χ2v) is 8.82. The molecule has 2 aromatic carbocycles. The summed E-state index contributed by atoms with van der Waals surface area (Å²) in [4.78, 5) is 12.5. The second kappa shape index (κ2) is 9.07. The quantitative estimate of drug-likeness (QED) is 0.785. The number of nitrogens with one attached hydrogen (secondary N) is 1. The summed E-state index contributed by atoms with van der Waals surface area (Å²) in [6.07, 6.45) is 2.75. The van der Waals surface area contributed by atoms with Gasteiger partial charge < -0.3 is 10.1 Å². The van der Waals surface area contributed by atoms with E-state index in [-0.39, 0.29) is 11.5 Å². The number of hydrogen-bond donors (Lipinski definition) is 1. The van der Waals surface area contributed by atoms with Crippen molar-refractivity contribution in [2.45, 2.75) is 31.1 Å². The first kappa shape index (κ1) is 20.8. The third-order valence-corrected chi connectivity index (χ3v) is 6.70. The maximum absolute atomic E-state index is 12.9. The van der Waals surface area contributed by atoms with Crippen LogP contribution < -0.4 is 10.1 Å². The van der Waals surface area contributed by atoms with Crippen LogP contribution in [0, 0.1) is 18.3 Å². The highest BCUT2D eigenvalue weighted by atomic mass is 32.2. The number of nitriles is 1. The third kappa shape index (κ3) is 4.94. The van der Waals surface area contributed by atoms with E-state index in [0.717, 1.165) is 24.8 Å². The first-order valence-corrected chi connectivity index (χ1v) is 10.9. The third-order valence-electron chi connectivity index (χ3n) is 4.80. The molecule has 0 aliphatic carbocycles. The Labute approximate surface area is 171 Å². The lowest BCUT2D eigenvalue weighted by molar-refractivity contribution is -0.118. The molecular weight excluding hydrogens is 390 g/mol. The van der Waals surface area contributed by atoms with E-state index in [0.29, 0.717) is 30.1 Å². The van der Waals surface area contributed by atoms with Crippen LogP contribution in [0.3, 0.4) is 0 Å². The van der Waals surface area contributed by atoms with Crippen LogP contribution in [0.2, 0.25) is 0 Å². The minimum Gasteiger partial charge on any atom is -0.482 e. The molecule has 8 heteroatoms. The fraction of sp³-hybridized carbons (Fsp3) is 0.333. The summed E-state index contributed by atoms with van der Waals surface area (Å²) in [5.74, 6) is -0.114. The van der Waals surface area contributed by atoms with Crippen LogP contribution in [-0.4, -0.2) is 38.3 Å². The van der Waals surface area contributed by atoms with Gasteiger partial charge in [0.15, 0.2) is 6.61 Å². The first-order chi connectivity index (χ1) is 13.9. The molecule has 152 valence electrons. The molecule has 0 aromatic heterocycles. The fourth-order valence-corrected chi connectivity index (χ4v) is 4.71. The lowest BCUT2D eigenvalue weighted by Crippen LogP contribution is -2.35. The largest absolute Gasteiger partial charge is 0.482 e. The van der Waals surface area contributed by atoms with Gasteiger partial charge in [0, 0.05) is 18.8 Å². The van der Waals surface area contributed by atoms with Gasteiger partial charge in [-0.15, -0.1) is 0 Å². The molecule has 0 atom stereocenters. The van der Waals surface area contributed by atoms with Gasteiger partial charge in [0.2, 0.25) is 10.0 Å². The monoisotopic (exact) mass is 413 g/mol. The lowest BCUT2D eigenvalue weighted by atomic mass is 10.2. The fourth-order valence-electron chi connectivity index (χ4n) is 3.17. The number of benzene rings is 2. The Kier molecular flexibility index (Phi) is 6.52. The van der Waals surface area contributed by atoms with Crippen LogP contribution >= 0.6 is 0 Å². The molecule has 0 bridgehead atoms. The topological polar surface area (TPSA) is 99.5 Å². The van der Waals surface area contributed by atoms with Crippen molar-refractivity contribution in [1.82, 2.24) is 4.31 Å². The van der Waals surface area contributed by atoms with Gasteiger partial charge in [0.25, 0.3) is 5.91 Å². The number of sulfonamides is 1. The summed E-state index contributed by atoms with van der Waals surface area (Å²) in [7, 11) is -3.59. The normalized spacial score (nSPS) is 14.8. The van der Waals surface area contributed by atoms with Crippen LogP contribution in [0.4, 0.5) is 5.69 Å². The number of rotatable bonds is 6. The van der Waals surface area contributed by atoms with Gasteiger partial charge in [-0.05, 0) is 49.6 Å². The molecule has 1 aliphatic rings. The van der Waals surface area contributed by atoms with Crippen LogP contribution in [0.1, 0.15) is 30.4 Å². The SMILES string of the molecule is Cc1ccc(S(=O)(=O)N2CCCCC2)cc1NC(=O)COc1ccccc1C#N. The predicted molar refractivity (Wildman–Crippen MR) is 109 cm³/mol. The average molecular weight is 413 g/mol. The number of carbonyl (C=O) groups excluding carboxylic acids is 1. The van der Waals surface area contributed by atoms with Gasteiger partial charge in [-0.25, -0.2) is 8.42 Å². The smallest absolute Gasteiger partial charge is 0.262 e. The Hall–Kier alpha value is -2.89. The molecule has 0 spiro atoms. The molecule has 0 saturated carbocycles. The van der Waals surface area contributed by atoms with Crippen LogP contribution in [0.25, 0.3) is 0 Å². The van der Waals surface area contributed by atoms with Crippen molar-refractivity contribution in [3.8, 4) is 11.8 Å². The van der Waals surface area contributed by atoms with Crippen molar-refractivity contribution in [3.05, 3.63) is 53.6 Å². The van der Waals surface area contributed by atoms with Gasteiger partial charge in [-0.1, -0.05) is 24.6 Å². The van der Waals surface area contributed by atoms with Crippen molar-refractivity contribution in [2.75, 3.05) is 25.0 Å². The zero-order valence-corrected chi connectivity index (χ0v) is 17.0. The number of amides is 1. The average Bonchev–Trinajstić information content (AvgIpc) is 2.74. The molecule has 7 nitrogen and oxygen atoms in total. The van der Waals surface area contributed by atoms with Crippen LogP contribution in [-0.2, 0) is 14.8 Å². The van der Waals surface area contributed by atoms with Crippen LogP contribution in [0.15, 0.2) is 47.4 Å². The number of aryl methyl sites for hydroxylation is 1.